The maximum absolute atomic E-state index is 11.6. The topological polar surface area (TPSA) is 66.4 Å². The van der Waals surface area contributed by atoms with Crippen molar-refractivity contribution in [3.63, 3.8) is 0 Å². The van der Waals surface area contributed by atoms with Gasteiger partial charge < -0.3 is 10.4 Å². The Hall–Kier alpha value is -2.10. The van der Waals surface area contributed by atoms with Crippen molar-refractivity contribution in [2.75, 3.05) is 11.9 Å². The summed E-state index contributed by atoms with van der Waals surface area (Å²) < 4.78 is 0. The van der Waals surface area contributed by atoms with Gasteiger partial charge >= 0.3 is 5.97 Å². The largest absolute Gasteiger partial charge is 0.481 e. The highest BCUT2D eigenvalue weighted by atomic mass is 16.4. The van der Waals surface area contributed by atoms with Crippen LogP contribution in [0.3, 0.4) is 0 Å². The Morgan fingerprint density at radius 2 is 1.48 bits per heavy atom. The van der Waals surface area contributed by atoms with Crippen LogP contribution in [0, 0.1) is 0 Å². The fraction of sp³-hybridized carbons (Fsp3) is 0.565. The third kappa shape index (κ3) is 12.0. The Morgan fingerprint density at radius 1 is 0.889 bits per heavy atom. The number of carboxylic acid groups (broad SMARTS) is 1. The van der Waals surface area contributed by atoms with Crippen LogP contribution in [0.2, 0.25) is 0 Å². The van der Waals surface area contributed by atoms with Crippen LogP contribution in [-0.4, -0.2) is 23.4 Å². The van der Waals surface area contributed by atoms with E-state index in [4.69, 9.17) is 5.11 Å². The van der Waals surface area contributed by atoms with E-state index in [1.165, 1.54) is 51.4 Å². The summed E-state index contributed by atoms with van der Waals surface area (Å²) in [7, 11) is 0. The van der Waals surface area contributed by atoms with Gasteiger partial charge in [-0.2, -0.15) is 0 Å². The minimum Gasteiger partial charge on any atom is -0.481 e. The maximum Gasteiger partial charge on any atom is 0.311 e. The first-order chi connectivity index (χ1) is 13.1. The first-order valence-corrected chi connectivity index (χ1v) is 10.4. The van der Waals surface area contributed by atoms with E-state index in [1.54, 1.807) is 12.1 Å². The molecule has 0 amide bonds. The van der Waals surface area contributed by atoms with Crippen LogP contribution >= 0.6 is 0 Å². The van der Waals surface area contributed by atoms with Crippen LogP contribution < -0.4 is 5.32 Å². The van der Waals surface area contributed by atoms with Gasteiger partial charge in [-0.05, 0) is 49.9 Å². The standard InChI is InChI=1S/C23H35NO3/c1-2-3-4-5-6-7-8-9-10-11-12-13-18-24-21-16-14-20(15-17-21)22(25)19-23(26)27/h10-11,14-17,24H,2-9,12-13,18-19H2,1H3,(H,26,27). The predicted molar refractivity (Wildman–Crippen MR) is 112 cm³/mol. The summed E-state index contributed by atoms with van der Waals surface area (Å²) in [5, 5.41) is 12.0. The van der Waals surface area contributed by atoms with Crippen molar-refractivity contribution in [3.8, 4) is 0 Å². The Balaban J connectivity index is 2.04. The fourth-order valence-corrected chi connectivity index (χ4v) is 2.92. The lowest BCUT2D eigenvalue weighted by atomic mass is 10.1. The number of aliphatic carboxylic acids is 1. The van der Waals surface area contributed by atoms with Crippen molar-refractivity contribution in [2.45, 2.75) is 77.6 Å². The van der Waals surface area contributed by atoms with Gasteiger partial charge in [0.05, 0.1) is 0 Å². The lowest BCUT2D eigenvalue weighted by molar-refractivity contribution is -0.135. The zero-order valence-electron chi connectivity index (χ0n) is 16.7. The first kappa shape index (κ1) is 22.9. The normalized spacial score (nSPS) is 11.0. The molecule has 2 N–H and O–H groups in total. The number of carbonyl (C=O) groups excluding carboxylic acids is 1. The molecule has 27 heavy (non-hydrogen) atoms. The summed E-state index contributed by atoms with van der Waals surface area (Å²) in [5.74, 6) is -1.46. The van der Waals surface area contributed by atoms with Gasteiger partial charge in [-0.25, -0.2) is 0 Å². The van der Waals surface area contributed by atoms with E-state index < -0.39 is 12.4 Å². The van der Waals surface area contributed by atoms with E-state index in [-0.39, 0.29) is 5.78 Å². The monoisotopic (exact) mass is 373 g/mol. The van der Waals surface area contributed by atoms with Crippen LogP contribution in [0.5, 0.6) is 0 Å². The molecule has 0 unspecified atom stereocenters. The Kier molecular flexibility index (Phi) is 12.7. The van der Waals surface area contributed by atoms with E-state index in [0.29, 0.717) is 5.56 Å². The van der Waals surface area contributed by atoms with E-state index in [0.717, 1.165) is 25.1 Å². The van der Waals surface area contributed by atoms with Crippen LogP contribution in [0.1, 0.15) is 87.9 Å². The molecule has 4 nitrogen and oxygen atoms in total. The molecule has 0 aromatic heterocycles. The van der Waals surface area contributed by atoms with Crippen molar-refractivity contribution < 1.29 is 14.7 Å². The van der Waals surface area contributed by atoms with Crippen molar-refractivity contribution >= 4 is 17.4 Å². The van der Waals surface area contributed by atoms with Crippen molar-refractivity contribution in [1.82, 2.24) is 0 Å². The highest BCUT2D eigenvalue weighted by Crippen LogP contribution is 2.12. The molecular weight excluding hydrogens is 338 g/mol. The van der Waals surface area contributed by atoms with E-state index in [9.17, 15) is 9.59 Å². The van der Waals surface area contributed by atoms with Crippen molar-refractivity contribution in [3.05, 3.63) is 42.0 Å². The first-order valence-electron chi connectivity index (χ1n) is 10.4. The molecule has 0 heterocycles. The maximum atomic E-state index is 11.6. The summed E-state index contributed by atoms with van der Waals surface area (Å²) in [6, 6.07) is 7.00. The minimum absolute atomic E-state index is 0.361. The van der Waals surface area contributed by atoms with Gasteiger partial charge in [0.2, 0.25) is 0 Å². The Labute approximate surface area is 164 Å². The second-order valence-electron chi connectivity index (χ2n) is 7.02. The molecule has 0 aliphatic heterocycles. The summed E-state index contributed by atoms with van der Waals surface area (Å²) in [5.41, 5.74) is 1.39. The summed E-state index contributed by atoms with van der Waals surface area (Å²) in [4.78, 5) is 22.2. The molecule has 0 aliphatic rings. The zero-order chi connectivity index (χ0) is 19.7. The van der Waals surface area contributed by atoms with Gasteiger partial charge in [-0.15, -0.1) is 0 Å². The molecule has 0 fully saturated rings. The molecular formula is C23H35NO3. The number of Topliss-reactive ketones (excluding diaryl/α,β-unsaturated/α-hetero) is 1. The number of carbonyl (C=O) groups is 2. The number of unbranched alkanes of at least 4 members (excludes halogenated alkanes) is 8. The second kappa shape index (κ2) is 15.0. The number of nitrogens with one attached hydrogen (secondary N) is 1. The fourth-order valence-electron chi connectivity index (χ4n) is 2.92. The van der Waals surface area contributed by atoms with Crippen molar-refractivity contribution in [2.24, 2.45) is 0 Å². The average Bonchev–Trinajstić information content (AvgIpc) is 2.65. The lowest BCUT2D eigenvalue weighted by Gasteiger charge is -2.06. The second-order valence-corrected chi connectivity index (χ2v) is 7.02. The number of hydrogen-bond acceptors (Lipinski definition) is 3. The smallest absolute Gasteiger partial charge is 0.311 e. The van der Waals surface area contributed by atoms with Crippen molar-refractivity contribution in [1.29, 1.82) is 0 Å². The molecule has 0 spiro atoms. The van der Waals surface area contributed by atoms with Crippen LogP contribution in [-0.2, 0) is 4.79 Å². The third-order valence-corrected chi connectivity index (χ3v) is 4.54. The van der Waals surface area contributed by atoms with Gasteiger partial charge in [0.1, 0.15) is 6.42 Å². The number of hydrogen-bond donors (Lipinski definition) is 2. The van der Waals surface area contributed by atoms with Gasteiger partial charge in [-0.3, -0.25) is 9.59 Å². The molecule has 0 saturated carbocycles. The number of allylic oxidation sites excluding steroid dienone is 2. The van der Waals surface area contributed by atoms with E-state index in [2.05, 4.69) is 24.4 Å². The summed E-state index contributed by atoms with van der Waals surface area (Å²) >= 11 is 0. The number of anilines is 1. The minimum atomic E-state index is -1.10. The summed E-state index contributed by atoms with van der Waals surface area (Å²) in [6.45, 7) is 3.13. The average molecular weight is 374 g/mol. The van der Waals surface area contributed by atoms with Crippen LogP contribution in [0.15, 0.2) is 36.4 Å². The highest BCUT2D eigenvalue weighted by molar-refractivity contribution is 6.05. The SMILES string of the molecule is CCCCCCCCCC=CCCCNc1ccc(C(=O)CC(=O)O)cc1. The van der Waals surface area contributed by atoms with Gasteiger partial charge in [0.15, 0.2) is 5.78 Å². The molecule has 0 bridgehead atoms. The third-order valence-electron chi connectivity index (χ3n) is 4.54. The molecule has 1 rings (SSSR count). The number of benzene rings is 1. The Morgan fingerprint density at radius 3 is 2.11 bits per heavy atom. The van der Waals surface area contributed by atoms with Gasteiger partial charge in [0, 0.05) is 17.8 Å². The number of ketones is 1. The zero-order valence-corrected chi connectivity index (χ0v) is 16.7. The quantitative estimate of drug-likeness (QED) is 0.156. The number of rotatable bonds is 16. The molecule has 1 aromatic carbocycles. The molecule has 150 valence electrons. The molecule has 0 aliphatic carbocycles. The van der Waals surface area contributed by atoms with E-state index in [1.807, 2.05) is 12.1 Å². The molecule has 0 radical (unpaired) electrons. The highest BCUT2D eigenvalue weighted by Gasteiger charge is 2.09. The molecule has 0 atom stereocenters. The molecule has 1 aromatic rings. The number of carboxylic acids is 1. The van der Waals surface area contributed by atoms with Gasteiger partial charge in [-0.1, -0.05) is 57.6 Å². The summed E-state index contributed by atoms with van der Waals surface area (Å²) in [6.07, 6.45) is 16.9. The predicted octanol–water partition coefficient (Wildman–Crippen LogP) is 6.23. The Bertz CT molecular complexity index is 563. The molecule has 0 saturated heterocycles. The van der Waals surface area contributed by atoms with Crippen LogP contribution in [0.4, 0.5) is 5.69 Å². The lowest BCUT2D eigenvalue weighted by Crippen LogP contribution is -2.07. The van der Waals surface area contributed by atoms with E-state index >= 15 is 0 Å². The molecule has 4 heteroatoms. The van der Waals surface area contributed by atoms with Gasteiger partial charge in [0.25, 0.3) is 0 Å². The van der Waals surface area contributed by atoms with Crippen LogP contribution in [0.25, 0.3) is 0 Å².